The molecule has 0 amide bonds. The van der Waals surface area contributed by atoms with E-state index in [4.69, 9.17) is 11.1 Å². The highest BCUT2D eigenvalue weighted by atomic mass is 35.5. The standard InChI is InChI=1S/C9H13N3.ClH/c1-6(2)8-5-12-4-3-7(8)9(10)11;/h3-6H,1-2H3,(H3,10,11);1H. The van der Waals surface area contributed by atoms with E-state index in [-0.39, 0.29) is 18.2 Å². The van der Waals surface area contributed by atoms with Gasteiger partial charge in [0.1, 0.15) is 5.84 Å². The van der Waals surface area contributed by atoms with E-state index in [1.165, 1.54) is 0 Å². The van der Waals surface area contributed by atoms with Crippen molar-refractivity contribution in [3.05, 3.63) is 29.6 Å². The number of halogens is 1. The zero-order valence-electron chi connectivity index (χ0n) is 7.74. The van der Waals surface area contributed by atoms with Crippen molar-refractivity contribution >= 4 is 18.2 Å². The Morgan fingerprint density at radius 1 is 1.54 bits per heavy atom. The maximum atomic E-state index is 7.32. The third-order valence-corrected chi connectivity index (χ3v) is 1.76. The lowest BCUT2D eigenvalue weighted by Crippen LogP contribution is -2.14. The lowest BCUT2D eigenvalue weighted by Gasteiger charge is -2.09. The fourth-order valence-electron chi connectivity index (χ4n) is 1.11. The van der Waals surface area contributed by atoms with Gasteiger partial charge in [0.05, 0.1) is 0 Å². The molecule has 13 heavy (non-hydrogen) atoms. The van der Waals surface area contributed by atoms with Crippen molar-refractivity contribution in [2.24, 2.45) is 5.73 Å². The van der Waals surface area contributed by atoms with Crippen LogP contribution in [0, 0.1) is 5.41 Å². The predicted octanol–water partition coefficient (Wildman–Crippen LogP) is 1.91. The van der Waals surface area contributed by atoms with Gasteiger partial charge in [0.25, 0.3) is 0 Å². The number of nitrogens with one attached hydrogen (secondary N) is 1. The van der Waals surface area contributed by atoms with Crippen molar-refractivity contribution in [1.29, 1.82) is 5.41 Å². The number of hydrogen-bond acceptors (Lipinski definition) is 2. The number of nitrogen functional groups attached to an aromatic ring is 1. The average Bonchev–Trinajstić information content (AvgIpc) is 2.04. The molecule has 72 valence electrons. The van der Waals surface area contributed by atoms with Gasteiger partial charge in [0.15, 0.2) is 0 Å². The highest BCUT2D eigenvalue weighted by Gasteiger charge is 2.07. The molecule has 0 fully saturated rings. The normalized spacial score (nSPS) is 9.46. The van der Waals surface area contributed by atoms with Crippen LogP contribution >= 0.6 is 12.4 Å². The van der Waals surface area contributed by atoms with E-state index in [0.717, 1.165) is 11.1 Å². The molecule has 0 spiro atoms. The molecule has 0 aliphatic heterocycles. The Bertz CT molecular complexity index is 297. The summed E-state index contributed by atoms with van der Waals surface area (Å²) in [6.45, 7) is 4.12. The van der Waals surface area contributed by atoms with Gasteiger partial charge in [-0.25, -0.2) is 0 Å². The van der Waals surface area contributed by atoms with Gasteiger partial charge in [-0.15, -0.1) is 12.4 Å². The van der Waals surface area contributed by atoms with E-state index >= 15 is 0 Å². The van der Waals surface area contributed by atoms with E-state index in [2.05, 4.69) is 18.8 Å². The van der Waals surface area contributed by atoms with E-state index in [0.29, 0.717) is 5.92 Å². The monoisotopic (exact) mass is 199 g/mol. The Balaban J connectivity index is 0.00000144. The molecule has 3 N–H and O–H groups in total. The highest BCUT2D eigenvalue weighted by Crippen LogP contribution is 2.16. The summed E-state index contributed by atoms with van der Waals surface area (Å²) in [5, 5.41) is 7.32. The minimum Gasteiger partial charge on any atom is -0.384 e. The Labute approximate surface area is 84.3 Å². The SMILES string of the molecule is CC(C)c1cnccc1C(=N)N.Cl. The summed E-state index contributed by atoms with van der Waals surface area (Å²) in [4.78, 5) is 4.00. The van der Waals surface area contributed by atoms with Crippen LogP contribution in [0.1, 0.15) is 30.9 Å². The number of aromatic nitrogens is 1. The molecule has 1 rings (SSSR count). The third kappa shape index (κ3) is 2.70. The zero-order chi connectivity index (χ0) is 9.14. The molecule has 0 saturated heterocycles. The van der Waals surface area contributed by atoms with Crippen LogP contribution in [0.25, 0.3) is 0 Å². The van der Waals surface area contributed by atoms with Crippen LogP contribution in [0.2, 0.25) is 0 Å². The fourth-order valence-corrected chi connectivity index (χ4v) is 1.11. The summed E-state index contributed by atoms with van der Waals surface area (Å²) in [5.74, 6) is 0.471. The van der Waals surface area contributed by atoms with Crippen LogP contribution < -0.4 is 5.73 Å². The molecule has 1 aromatic rings. The molecule has 0 aromatic carbocycles. The minimum atomic E-state index is 0. The van der Waals surface area contributed by atoms with Crippen LogP contribution in [0.4, 0.5) is 0 Å². The highest BCUT2D eigenvalue weighted by molar-refractivity contribution is 5.96. The summed E-state index contributed by atoms with van der Waals surface area (Å²) in [5.41, 5.74) is 7.23. The van der Waals surface area contributed by atoms with Crippen molar-refractivity contribution < 1.29 is 0 Å². The molecule has 1 heterocycles. The van der Waals surface area contributed by atoms with Crippen LogP contribution in [0.5, 0.6) is 0 Å². The van der Waals surface area contributed by atoms with Crippen molar-refractivity contribution in [2.45, 2.75) is 19.8 Å². The molecule has 1 aromatic heterocycles. The third-order valence-electron chi connectivity index (χ3n) is 1.76. The maximum Gasteiger partial charge on any atom is 0.123 e. The Morgan fingerprint density at radius 3 is 2.54 bits per heavy atom. The Hall–Kier alpha value is -1.09. The van der Waals surface area contributed by atoms with Gasteiger partial charge in [-0.2, -0.15) is 0 Å². The lowest BCUT2D eigenvalue weighted by atomic mass is 9.99. The number of nitrogens with two attached hydrogens (primary N) is 1. The first-order chi connectivity index (χ1) is 5.63. The van der Waals surface area contributed by atoms with Gasteiger partial charge in [-0.05, 0) is 17.5 Å². The van der Waals surface area contributed by atoms with E-state index < -0.39 is 0 Å². The van der Waals surface area contributed by atoms with Gasteiger partial charge in [-0.1, -0.05) is 13.8 Å². The topological polar surface area (TPSA) is 62.8 Å². The van der Waals surface area contributed by atoms with Gasteiger partial charge in [0.2, 0.25) is 0 Å². The summed E-state index contributed by atoms with van der Waals surface area (Å²) in [6.07, 6.45) is 3.42. The summed E-state index contributed by atoms with van der Waals surface area (Å²) in [6, 6.07) is 1.78. The van der Waals surface area contributed by atoms with Crippen LogP contribution in [-0.4, -0.2) is 10.8 Å². The zero-order valence-corrected chi connectivity index (χ0v) is 8.56. The van der Waals surface area contributed by atoms with E-state index in [1.807, 2.05) is 0 Å². The number of nitrogens with zero attached hydrogens (tertiary/aromatic N) is 1. The minimum absolute atomic E-state index is 0. The first kappa shape index (κ1) is 11.9. The Morgan fingerprint density at radius 2 is 2.15 bits per heavy atom. The maximum absolute atomic E-state index is 7.32. The number of amidine groups is 1. The molecule has 0 atom stereocenters. The van der Waals surface area contributed by atoms with Gasteiger partial charge >= 0.3 is 0 Å². The summed E-state index contributed by atoms with van der Waals surface area (Å²) < 4.78 is 0. The molecule has 0 bridgehead atoms. The quantitative estimate of drug-likeness (QED) is 0.565. The van der Waals surface area contributed by atoms with Gasteiger partial charge in [-0.3, -0.25) is 10.4 Å². The molecule has 0 aliphatic carbocycles. The second kappa shape index (κ2) is 4.82. The van der Waals surface area contributed by atoms with Crippen molar-refractivity contribution in [1.82, 2.24) is 4.98 Å². The predicted molar refractivity (Wildman–Crippen MR) is 56.6 cm³/mol. The van der Waals surface area contributed by atoms with Crippen molar-refractivity contribution in [3.8, 4) is 0 Å². The summed E-state index contributed by atoms with van der Waals surface area (Å²) >= 11 is 0. The first-order valence-corrected chi connectivity index (χ1v) is 3.91. The van der Waals surface area contributed by atoms with E-state index in [9.17, 15) is 0 Å². The molecular weight excluding hydrogens is 186 g/mol. The fraction of sp³-hybridized carbons (Fsp3) is 0.333. The van der Waals surface area contributed by atoms with Crippen LogP contribution in [-0.2, 0) is 0 Å². The molecule has 0 unspecified atom stereocenters. The van der Waals surface area contributed by atoms with Crippen LogP contribution in [0.15, 0.2) is 18.5 Å². The van der Waals surface area contributed by atoms with Gasteiger partial charge in [0, 0.05) is 18.0 Å². The molecule has 0 radical (unpaired) electrons. The summed E-state index contributed by atoms with van der Waals surface area (Å²) in [7, 11) is 0. The van der Waals surface area contributed by atoms with E-state index in [1.54, 1.807) is 18.5 Å². The van der Waals surface area contributed by atoms with Crippen molar-refractivity contribution in [3.63, 3.8) is 0 Å². The molecular formula is C9H14ClN3. The lowest BCUT2D eigenvalue weighted by molar-refractivity contribution is 0.854. The first-order valence-electron chi connectivity index (χ1n) is 3.91. The second-order valence-electron chi connectivity index (χ2n) is 3.03. The number of pyridine rings is 1. The molecule has 0 saturated carbocycles. The average molecular weight is 200 g/mol. The molecule has 0 aliphatic rings. The second-order valence-corrected chi connectivity index (χ2v) is 3.03. The number of hydrogen-bond donors (Lipinski definition) is 2. The van der Waals surface area contributed by atoms with Crippen molar-refractivity contribution in [2.75, 3.05) is 0 Å². The van der Waals surface area contributed by atoms with Crippen LogP contribution in [0.3, 0.4) is 0 Å². The largest absolute Gasteiger partial charge is 0.384 e. The molecule has 4 heteroatoms. The van der Waals surface area contributed by atoms with Gasteiger partial charge < -0.3 is 5.73 Å². The Kier molecular flexibility index (Phi) is 4.42. The molecule has 3 nitrogen and oxygen atoms in total. The smallest absolute Gasteiger partial charge is 0.123 e. The number of rotatable bonds is 2.